The summed E-state index contributed by atoms with van der Waals surface area (Å²) in [6.07, 6.45) is -0.595. The van der Waals surface area contributed by atoms with E-state index in [1.165, 1.54) is 18.2 Å². The molecule has 0 unspecified atom stereocenters. The lowest BCUT2D eigenvalue weighted by atomic mass is 9.98. The smallest absolute Gasteiger partial charge is 0.225 e. The Morgan fingerprint density at radius 3 is 1.92 bits per heavy atom. The van der Waals surface area contributed by atoms with Crippen molar-refractivity contribution in [1.82, 2.24) is 21.9 Å². The van der Waals surface area contributed by atoms with E-state index in [0.29, 0.717) is 16.7 Å². The van der Waals surface area contributed by atoms with Crippen LogP contribution >= 0.6 is 0 Å². The van der Waals surface area contributed by atoms with Gasteiger partial charge >= 0.3 is 0 Å². The number of rotatable bonds is 4. The number of hydrogen-bond donors (Lipinski definition) is 6. The lowest BCUT2D eigenvalue weighted by Crippen LogP contribution is -2.33. The van der Waals surface area contributed by atoms with E-state index >= 15 is 0 Å². The minimum Gasteiger partial charge on any atom is -0.225 e. The van der Waals surface area contributed by atoms with Gasteiger partial charge in [0, 0.05) is 5.56 Å². The molecule has 1 aliphatic heterocycles. The van der Waals surface area contributed by atoms with Crippen LogP contribution in [0.1, 0.15) is 11.7 Å². The summed E-state index contributed by atoms with van der Waals surface area (Å²) < 4.78 is 46.7. The van der Waals surface area contributed by atoms with Gasteiger partial charge in [0.2, 0.25) is 20.0 Å². The molecule has 0 radical (unpaired) electrons. The molecule has 1 saturated heterocycles. The Bertz CT molecular complexity index is 999. The maximum atomic E-state index is 12.0. The number of nitrogens with two attached hydrogens (primary N) is 2. The molecule has 3 rings (SSSR count). The highest BCUT2D eigenvalue weighted by molar-refractivity contribution is 7.89. The van der Waals surface area contributed by atoms with Crippen molar-refractivity contribution in [2.45, 2.75) is 16.0 Å². The normalized spacial score (nSPS) is 16.2. The molecule has 0 saturated carbocycles. The monoisotopic (exact) mass is 384 g/mol. The molecule has 2 aromatic carbocycles. The zero-order chi connectivity index (χ0) is 18.2. The van der Waals surface area contributed by atoms with Crippen molar-refractivity contribution >= 4 is 20.0 Å². The standard InChI is InChI=1S/C13H16N6O4S2/c14-24(20,21)9-6-4-8(5-7-9)10-2-1-3-11(25(15,22)23)12(10)13-16-18-19-17-13/h1-7,13,16-19H,(H2,14,20,21)(H2,15,22,23). The van der Waals surface area contributed by atoms with Crippen LogP contribution in [0.25, 0.3) is 11.1 Å². The summed E-state index contributed by atoms with van der Waals surface area (Å²) in [7, 11) is -7.80. The Morgan fingerprint density at radius 2 is 1.40 bits per heavy atom. The second-order valence-corrected chi connectivity index (χ2v) is 8.39. The average molecular weight is 384 g/mol. The van der Waals surface area contributed by atoms with Gasteiger partial charge in [-0.3, -0.25) is 0 Å². The van der Waals surface area contributed by atoms with Crippen LogP contribution in [0.15, 0.2) is 52.3 Å². The topological polar surface area (TPSA) is 168 Å². The summed E-state index contributed by atoms with van der Waals surface area (Å²) in [5.74, 6) is 0. The Morgan fingerprint density at radius 1 is 0.800 bits per heavy atom. The first-order valence-electron chi connectivity index (χ1n) is 6.98. The average Bonchev–Trinajstić information content (AvgIpc) is 3.07. The summed E-state index contributed by atoms with van der Waals surface area (Å²) in [5, 5.41) is 10.4. The van der Waals surface area contributed by atoms with Crippen LogP contribution in [-0.2, 0) is 20.0 Å². The molecule has 1 fully saturated rings. The van der Waals surface area contributed by atoms with Gasteiger partial charge in [0.1, 0.15) is 6.17 Å². The van der Waals surface area contributed by atoms with Crippen molar-refractivity contribution < 1.29 is 16.8 Å². The number of hydrazine groups is 3. The first-order chi connectivity index (χ1) is 11.7. The van der Waals surface area contributed by atoms with E-state index in [1.807, 2.05) is 0 Å². The third-order valence-electron chi connectivity index (χ3n) is 3.65. The Hall–Kier alpha value is -1.90. The third kappa shape index (κ3) is 3.70. The molecule has 8 N–H and O–H groups in total. The highest BCUT2D eigenvalue weighted by Gasteiger charge is 2.26. The van der Waals surface area contributed by atoms with Crippen LogP contribution in [0.2, 0.25) is 0 Å². The van der Waals surface area contributed by atoms with Gasteiger partial charge in [-0.2, -0.15) is 11.1 Å². The first kappa shape index (κ1) is 17.9. The number of benzene rings is 2. The molecular weight excluding hydrogens is 368 g/mol. The summed E-state index contributed by atoms with van der Waals surface area (Å²) in [6, 6.07) is 10.4. The Balaban J connectivity index is 2.19. The molecule has 0 aliphatic carbocycles. The molecule has 0 spiro atoms. The molecule has 1 aliphatic rings. The zero-order valence-corrected chi connectivity index (χ0v) is 14.4. The van der Waals surface area contributed by atoms with E-state index in [0.717, 1.165) is 0 Å². The fourth-order valence-corrected chi connectivity index (χ4v) is 3.88. The van der Waals surface area contributed by atoms with Crippen molar-refractivity contribution in [3.8, 4) is 11.1 Å². The van der Waals surface area contributed by atoms with Gasteiger partial charge in [0.05, 0.1) is 9.79 Å². The molecule has 0 atom stereocenters. The van der Waals surface area contributed by atoms with E-state index in [1.54, 1.807) is 24.3 Å². The quantitative estimate of drug-likeness (QED) is 0.380. The van der Waals surface area contributed by atoms with Gasteiger partial charge in [-0.25, -0.2) is 38.0 Å². The highest BCUT2D eigenvalue weighted by atomic mass is 32.2. The zero-order valence-electron chi connectivity index (χ0n) is 12.7. The molecule has 2 aromatic rings. The predicted molar refractivity (Wildman–Crippen MR) is 89.9 cm³/mol. The van der Waals surface area contributed by atoms with E-state index in [9.17, 15) is 16.8 Å². The molecule has 0 aromatic heterocycles. The van der Waals surface area contributed by atoms with E-state index < -0.39 is 26.2 Å². The third-order valence-corrected chi connectivity index (χ3v) is 5.55. The van der Waals surface area contributed by atoms with Crippen molar-refractivity contribution in [3.05, 3.63) is 48.0 Å². The van der Waals surface area contributed by atoms with Gasteiger partial charge in [0.15, 0.2) is 0 Å². The van der Waals surface area contributed by atoms with E-state index in [4.69, 9.17) is 10.3 Å². The van der Waals surface area contributed by atoms with Crippen molar-refractivity contribution in [1.29, 1.82) is 0 Å². The maximum Gasteiger partial charge on any atom is 0.238 e. The largest absolute Gasteiger partial charge is 0.238 e. The molecule has 1 heterocycles. The molecule has 0 amide bonds. The maximum absolute atomic E-state index is 12.0. The molecule has 0 bridgehead atoms. The van der Waals surface area contributed by atoms with Crippen molar-refractivity contribution in [2.75, 3.05) is 0 Å². The van der Waals surface area contributed by atoms with Gasteiger partial charge in [0.25, 0.3) is 0 Å². The molecule has 12 heteroatoms. The number of sulfonamides is 2. The second-order valence-electron chi connectivity index (χ2n) is 5.30. The fraction of sp³-hybridized carbons (Fsp3) is 0.0769. The number of hydrogen-bond acceptors (Lipinski definition) is 8. The van der Waals surface area contributed by atoms with E-state index in [-0.39, 0.29) is 9.79 Å². The highest BCUT2D eigenvalue weighted by Crippen LogP contribution is 2.32. The lowest BCUT2D eigenvalue weighted by Gasteiger charge is -2.18. The first-order valence-corrected chi connectivity index (χ1v) is 10.1. The molecule has 25 heavy (non-hydrogen) atoms. The van der Waals surface area contributed by atoms with Crippen LogP contribution < -0.4 is 32.2 Å². The molecular formula is C13H16N6O4S2. The van der Waals surface area contributed by atoms with Crippen LogP contribution in [0.3, 0.4) is 0 Å². The van der Waals surface area contributed by atoms with Crippen LogP contribution in [-0.4, -0.2) is 16.8 Å². The summed E-state index contributed by atoms with van der Waals surface area (Å²) in [4.78, 5) is -0.100. The minimum atomic E-state index is -3.98. The van der Waals surface area contributed by atoms with Gasteiger partial charge in [-0.05, 0) is 29.3 Å². The number of nitrogens with one attached hydrogen (secondary N) is 4. The predicted octanol–water partition coefficient (Wildman–Crippen LogP) is -1.24. The lowest BCUT2D eigenvalue weighted by molar-refractivity contribution is 0.540. The van der Waals surface area contributed by atoms with Crippen LogP contribution in [0, 0.1) is 0 Å². The molecule has 10 nitrogen and oxygen atoms in total. The number of primary sulfonamides is 2. The van der Waals surface area contributed by atoms with Gasteiger partial charge in [-0.1, -0.05) is 24.3 Å². The van der Waals surface area contributed by atoms with Crippen molar-refractivity contribution in [3.63, 3.8) is 0 Å². The summed E-state index contributed by atoms with van der Waals surface area (Å²) >= 11 is 0. The fourth-order valence-electron chi connectivity index (χ4n) is 2.56. The Labute approximate surface area is 144 Å². The van der Waals surface area contributed by atoms with Gasteiger partial charge < -0.3 is 0 Å². The Kier molecular flexibility index (Phi) is 4.61. The SMILES string of the molecule is NS(=O)(=O)c1ccc(-c2cccc(S(N)(=O)=O)c2C2NNNN2)cc1. The van der Waals surface area contributed by atoms with Crippen molar-refractivity contribution in [2.24, 2.45) is 10.3 Å². The summed E-state index contributed by atoms with van der Waals surface area (Å²) in [5.41, 5.74) is 12.4. The minimum absolute atomic E-state index is 0.0409. The summed E-state index contributed by atoms with van der Waals surface area (Å²) in [6.45, 7) is 0. The van der Waals surface area contributed by atoms with Crippen LogP contribution in [0.4, 0.5) is 0 Å². The van der Waals surface area contributed by atoms with E-state index in [2.05, 4.69) is 21.9 Å². The van der Waals surface area contributed by atoms with Crippen LogP contribution in [0.5, 0.6) is 0 Å². The second kappa shape index (κ2) is 6.44. The molecule has 134 valence electrons. The van der Waals surface area contributed by atoms with Gasteiger partial charge in [-0.15, -0.1) is 0 Å².